The predicted octanol–water partition coefficient (Wildman–Crippen LogP) is 3.62. The van der Waals surface area contributed by atoms with Gasteiger partial charge in [-0.25, -0.2) is 4.79 Å². The van der Waals surface area contributed by atoms with E-state index in [1.165, 1.54) is 9.47 Å². The number of aromatic amines is 1. The van der Waals surface area contributed by atoms with Crippen molar-refractivity contribution in [2.45, 2.75) is 71.9 Å². The largest absolute Gasteiger partial charge is 0.383 e. The third-order valence-electron chi connectivity index (χ3n) is 6.15. The summed E-state index contributed by atoms with van der Waals surface area (Å²) in [6.07, 6.45) is 3.72. The average Bonchev–Trinajstić information content (AvgIpc) is 2.80. The molecule has 1 aromatic heterocycles. The Kier molecular flexibility index (Phi) is 9.73. The number of nitrogens with two attached hydrogens (primary N) is 1. The van der Waals surface area contributed by atoms with Gasteiger partial charge in [0.2, 0.25) is 5.91 Å². The van der Waals surface area contributed by atoms with E-state index in [4.69, 9.17) is 17.3 Å². The topological polar surface area (TPSA) is 113 Å². The molecule has 0 unspecified atom stereocenters. The minimum absolute atomic E-state index is 0.0137. The molecule has 9 heteroatoms. The van der Waals surface area contributed by atoms with E-state index in [2.05, 4.69) is 24.1 Å². The number of hydrogen-bond donors (Lipinski definition) is 3. The van der Waals surface area contributed by atoms with Crippen molar-refractivity contribution in [3.63, 3.8) is 0 Å². The molecule has 1 aromatic carbocycles. The fourth-order valence-electron chi connectivity index (χ4n) is 4.08. The number of unbranched alkanes of at least 4 members (excludes halogenated alkanes) is 1. The summed E-state index contributed by atoms with van der Waals surface area (Å²) in [5, 5.41) is 4.08. The van der Waals surface area contributed by atoms with Gasteiger partial charge in [-0.3, -0.25) is 24.5 Å². The van der Waals surface area contributed by atoms with E-state index in [1.807, 2.05) is 38.1 Å². The number of nitrogens with one attached hydrogen (secondary N) is 2. The van der Waals surface area contributed by atoms with Gasteiger partial charge in [-0.2, -0.15) is 0 Å². The van der Waals surface area contributed by atoms with Crippen LogP contribution in [0.3, 0.4) is 0 Å². The molecule has 0 spiro atoms. The minimum atomic E-state index is -0.649. The van der Waals surface area contributed by atoms with Crippen LogP contribution in [0.4, 0.5) is 11.5 Å². The van der Waals surface area contributed by atoms with Gasteiger partial charge < -0.3 is 10.6 Å². The Labute approximate surface area is 200 Å². The summed E-state index contributed by atoms with van der Waals surface area (Å²) in [5.41, 5.74) is 5.68. The molecule has 0 atom stereocenters. The third-order valence-corrected chi connectivity index (χ3v) is 6.40. The summed E-state index contributed by atoms with van der Waals surface area (Å²) in [6.45, 7) is 8.74. The number of anilines is 2. The second kappa shape index (κ2) is 12.0. The first-order valence-electron chi connectivity index (χ1n) is 11.7. The maximum absolute atomic E-state index is 13.4. The van der Waals surface area contributed by atoms with Crippen molar-refractivity contribution in [3.8, 4) is 0 Å². The number of H-pyrrole nitrogens is 1. The number of rotatable bonds is 12. The normalized spacial score (nSPS) is 11.5. The number of benzene rings is 1. The van der Waals surface area contributed by atoms with Crippen molar-refractivity contribution >= 4 is 29.0 Å². The Bertz CT molecular complexity index is 1040. The van der Waals surface area contributed by atoms with Crippen molar-refractivity contribution in [1.29, 1.82) is 0 Å². The zero-order valence-corrected chi connectivity index (χ0v) is 20.8. The highest BCUT2D eigenvalue weighted by Crippen LogP contribution is 2.30. The Morgan fingerprint density at radius 3 is 2.30 bits per heavy atom. The quantitative estimate of drug-likeness (QED) is 0.432. The molecule has 0 saturated carbocycles. The van der Waals surface area contributed by atoms with Crippen LogP contribution in [0.25, 0.3) is 0 Å². The van der Waals surface area contributed by atoms with E-state index in [0.29, 0.717) is 31.0 Å². The maximum Gasteiger partial charge on any atom is 0.330 e. The smallest absolute Gasteiger partial charge is 0.330 e. The van der Waals surface area contributed by atoms with Crippen molar-refractivity contribution in [2.24, 2.45) is 0 Å². The van der Waals surface area contributed by atoms with E-state index in [0.717, 1.165) is 24.8 Å². The molecule has 2 aromatic rings. The molecule has 0 bridgehead atoms. The first kappa shape index (κ1) is 26.7. The Morgan fingerprint density at radius 2 is 1.76 bits per heavy atom. The Balaban J connectivity index is 2.40. The maximum atomic E-state index is 13.4. The zero-order chi connectivity index (χ0) is 24.6. The summed E-state index contributed by atoms with van der Waals surface area (Å²) in [7, 11) is 0. The molecule has 8 nitrogen and oxygen atoms in total. The highest BCUT2D eigenvalue weighted by molar-refractivity contribution is 6.30. The second-order valence-electron chi connectivity index (χ2n) is 8.19. The zero-order valence-electron chi connectivity index (χ0n) is 20.0. The Hall–Kier alpha value is -2.58. The lowest BCUT2D eigenvalue weighted by Gasteiger charge is -2.35. The van der Waals surface area contributed by atoms with E-state index in [-0.39, 0.29) is 24.0 Å². The van der Waals surface area contributed by atoms with Crippen molar-refractivity contribution in [1.82, 2.24) is 14.9 Å². The number of hydrogen-bond acceptors (Lipinski definition) is 5. The first-order valence-corrected chi connectivity index (χ1v) is 12.1. The van der Waals surface area contributed by atoms with E-state index in [9.17, 15) is 14.4 Å². The molecule has 0 saturated heterocycles. The summed E-state index contributed by atoms with van der Waals surface area (Å²) >= 11 is 6.06. The fourth-order valence-corrected chi connectivity index (χ4v) is 4.21. The number of aromatic nitrogens is 2. The van der Waals surface area contributed by atoms with Crippen LogP contribution in [-0.2, 0) is 16.9 Å². The van der Waals surface area contributed by atoms with Crippen LogP contribution < -0.4 is 27.2 Å². The molecular weight excluding hydrogens is 442 g/mol. The van der Waals surface area contributed by atoms with Gasteiger partial charge in [0.05, 0.1) is 6.54 Å². The van der Waals surface area contributed by atoms with Gasteiger partial charge in [0.25, 0.3) is 5.56 Å². The lowest BCUT2D eigenvalue weighted by Crippen LogP contribution is -2.49. The molecule has 1 amide bonds. The van der Waals surface area contributed by atoms with Gasteiger partial charge in [-0.05, 0) is 43.4 Å². The van der Waals surface area contributed by atoms with Crippen LogP contribution in [0, 0.1) is 0 Å². The van der Waals surface area contributed by atoms with Crippen molar-refractivity contribution < 1.29 is 4.79 Å². The minimum Gasteiger partial charge on any atom is -0.383 e. The first-order chi connectivity index (χ1) is 15.7. The number of amides is 1. The van der Waals surface area contributed by atoms with Gasteiger partial charge in [0.1, 0.15) is 5.82 Å². The Morgan fingerprint density at radius 1 is 1.12 bits per heavy atom. The molecule has 0 radical (unpaired) electrons. The van der Waals surface area contributed by atoms with Crippen LogP contribution in [0.2, 0.25) is 5.02 Å². The van der Waals surface area contributed by atoms with E-state index < -0.39 is 16.8 Å². The average molecular weight is 478 g/mol. The molecule has 33 heavy (non-hydrogen) atoms. The number of nitrogens with zero attached hydrogens (tertiary/aromatic N) is 2. The van der Waals surface area contributed by atoms with Crippen molar-refractivity contribution in [3.05, 3.63) is 55.7 Å². The van der Waals surface area contributed by atoms with Crippen LogP contribution in [0.1, 0.15) is 65.4 Å². The van der Waals surface area contributed by atoms with Gasteiger partial charge in [-0.1, -0.05) is 57.8 Å². The molecule has 0 aliphatic rings. The van der Waals surface area contributed by atoms with Gasteiger partial charge in [0.15, 0.2) is 5.69 Å². The van der Waals surface area contributed by atoms with Crippen LogP contribution in [0.5, 0.6) is 0 Å². The summed E-state index contributed by atoms with van der Waals surface area (Å²) in [6, 6.07) is 7.60. The lowest BCUT2D eigenvalue weighted by atomic mass is 9.84. The number of carbonyl (C=O) groups is 1. The molecule has 2 rings (SSSR count). The van der Waals surface area contributed by atoms with E-state index in [1.54, 1.807) is 0 Å². The molecule has 0 aliphatic carbocycles. The molecule has 0 aliphatic heterocycles. The highest BCUT2D eigenvalue weighted by atomic mass is 35.5. The monoisotopic (exact) mass is 477 g/mol. The summed E-state index contributed by atoms with van der Waals surface area (Å²) < 4.78 is 1.31. The van der Waals surface area contributed by atoms with Gasteiger partial charge >= 0.3 is 5.69 Å². The lowest BCUT2D eigenvalue weighted by molar-refractivity contribution is -0.118. The highest BCUT2D eigenvalue weighted by Gasteiger charge is 2.30. The van der Waals surface area contributed by atoms with Crippen LogP contribution in [0.15, 0.2) is 33.9 Å². The van der Waals surface area contributed by atoms with Gasteiger partial charge in [-0.15, -0.1) is 0 Å². The van der Waals surface area contributed by atoms with Crippen LogP contribution in [-0.4, -0.2) is 28.5 Å². The van der Waals surface area contributed by atoms with Crippen molar-refractivity contribution in [2.75, 3.05) is 23.7 Å². The number of nitrogen functional groups attached to an aromatic ring is 1. The number of halogens is 1. The second-order valence-corrected chi connectivity index (χ2v) is 8.63. The molecule has 4 N–H and O–H groups in total. The number of carbonyl (C=O) groups excluding carboxylic acids is 1. The van der Waals surface area contributed by atoms with Crippen LogP contribution >= 0.6 is 11.6 Å². The van der Waals surface area contributed by atoms with E-state index >= 15 is 0 Å². The molecule has 1 heterocycles. The predicted molar refractivity (Wildman–Crippen MR) is 135 cm³/mol. The SMILES string of the molecule is CCCCN(C(=O)CNC(CC)(CC)c1ccc(Cl)cc1)c1c(N)n(CCC)c(=O)[nH]c1=O. The third kappa shape index (κ3) is 6.06. The fraction of sp³-hybridized carbons (Fsp3) is 0.542. The molecule has 182 valence electrons. The summed E-state index contributed by atoms with van der Waals surface area (Å²) in [4.78, 5) is 42.1. The van der Waals surface area contributed by atoms with Gasteiger partial charge in [0, 0.05) is 23.7 Å². The standard InChI is InChI=1S/C24H36ClN5O3/c1-5-9-15-29(20-21(26)30(14-6-2)23(33)28-22(20)32)19(31)16-27-24(7-3,8-4)17-10-12-18(25)13-11-17/h10-13,27H,5-9,14-16,26H2,1-4H3,(H,28,32,33). The molecule has 0 fully saturated rings. The molecular formula is C24H36ClN5O3. The summed E-state index contributed by atoms with van der Waals surface area (Å²) in [5.74, 6) is -0.257.